The molecule has 0 spiro atoms. The van der Waals surface area contributed by atoms with E-state index >= 15 is 0 Å². The molecule has 7 heteroatoms. The van der Waals surface area contributed by atoms with Crippen LogP contribution >= 0.6 is 0 Å². The number of carbonyl (C=O) groups excluding carboxylic acids is 2. The Bertz CT molecular complexity index is 629. The Morgan fingerprint density at radius 1 is 1.38 bits per heavy atom. The van der Waals surface area contributed by atoms with Crippen LogP contribution in [-0.2, 0) is 23.8 Å². The van der Waals surface area contributed by atoms with Crippen LogP contribution in [-0.4, -0.2) is 51.9 Å². The van der Waals surface area contributed by atoms with Crippen LogP contribution in [0.15, 0.2) is 12.2 Å². The van der Waals surface area contributed by atoms with Gasteiger partial charge in [0.15, 0.2) is 5.79 Å². The Morgan fingerprint density at radius 3 is 2.65 bits per heavy atom. The number of carbonyl (C=O) groups is 2. The van der Waals surface area contributed by atoms with Gasteiger partial charge in [-0.1, -0.05) is 27.4 Å². The maximum Gasteiger partial charge on any atom is 0.334 e. The van der Waals surface area contributed by atoms with Crippen LogP contribution in [0.25, 0.3) is 0 Å². The smallest absolute Gasteiger partial charge is 0.334 e. The quantitative estimate of drug-likeness (QED) is 0.560. The predicted molar refractivity (Wildman–Crippen MR) is 90.7 cm³/mol. The van der Waals surface area contributed by atoms with Gasteiger partial charge in [0.1, 0.15) is 12.2 Å². The molecule has 3 aliphatic rings. The molecule has 0 amide bonds. The van der Waals surface area contributed by atoms with E-state index in [4.69, 9.17) is 14.2 Å². The summed E-state index contributed by atoms with van der Waals surface area (Å²) >= 11 is 0. The van der Waals surface area contributed by atoms with E-state index in [0.29, 0.717) is 6.42 Å². The zero-order valence-corrected chi connectivity index (χ0v) is 15.7. The van der Waals surface area contributed by atoms with Crippen LogP contribution in [0.5, 0.6) is 0 Å². The highest BCUT2D eigenvalue weighted by Gasteiger charge is 2.60. The molecule has 7 atom stereocenters. The van der Waals surface area contributed by atoms with E-state index in [-0.39, 0.29) is 30.3 Å². The lowest BCUT2D eigenvalue weighted by Gasteiger charge is -2.34. The topological polar surface area (TPSA) is 102 Å². The molecule has 3 saturated heterocycles. The van der Waals surface area contributed by atoms with Crippen molar-refractivity contribution in [2.24, 2.45) is 17.8 Å². The zero-order chi connectivity index (χ0) is 19.4. The fraction of sp³-hybridized carbons (Fsp3) is 0.789. The SMILES string of the molecule is C=C1C(=O)O[C@@H]2C[C@H](C)[C@]3(O)C[C@@H](O)[C@@](C)(C[C@@H](OC(=O)C(C)C)[C@@H]12)O3. The van der Waals surface area contributed by atoms with E-state index in [2.05, 4.69) is 6.58 Å². The van der Waals surface area contributed by atoms with Crippen molar-refractivity contribution in [2.75, 3.05) is 0 Å². The average molecular weight is 368 g/mol. The van der Waals surface area contributed by atoms with Gasteiger partial charge < -0.3 is 24.4 Å². The molecule has 3 rings (SSSR count). The van der Waals surface area contributed by atoms with Gasteiger partial charge in [0.25, 0.3) is 0 Å². The standard InChI is InChI=1S/C19H28O7/c1-9(2)16(21)25-13-7-18(5)14(20)8-19(23,26-18)10(3)6-12-15(13)11(4)17(22)24-12/h9-10,12-15,20,23H,4,6-8H2,1-3,5H3/t10-,12+,13+,14+,15-,18+,19-/m0/s1. The zero-order valence-electron chi connectivity index (χ0n) is 15.7. The first-order valence-electron chi connectivity index (χ1n) is 9.18. The number of hydrogen-bond acceptors (Lipinski definition) is 7. The van der Waals surface area contributed by atoms with Crippen molar-refractivity contribution in [1.82, 2.24) is 0 Å². The van der Waals surface area contributed by atoms with Gasteiger partial charge in [-0.2, -0.15) is 0 Å². The Kier molecular flexibility index (Phi) is 4.70. The Balaban J connectivity index is 2.01. The molecule has 0 aliphatic carbocycles. The summed E-state index contributed by atoms with van der Waals surface area (Å²) in [6.45, 7) is 10.8. The third-order valence-electron chi connectivity index (χ3n) is 6.03. The molecule has 2 N–H and O–H groups in total. The summed E-state index contributed by atoms with van der Waals surface area (Å²) in [6.07, 6.45) is -1.69. The van der Waals surface area contributed by atoms with Gasteiger partial charge in [-0.25, -0.2) is 4.79 Å². The van der Waals surface area contributed by atoms with Gasteiger partial charge in [-0.3, -0.25) is 4.79 Å². The molecule has 2 bridgehead atoms. The van der Waals surface area contributed by atoms with Crippen molar-refractivity contribution in [3.63, 3.8) is 0 Å². The van der Waals surface area contributed by atoms with Gasteiger partial charge in [-0.05, 0) is 13.3 Å². The van der Waals surface area contributed by atoms with E-state index in [1.807, 2.05) is 0 Å². The monoisotopic (exact) mass is 368 g/mol. The number of fused-ring (bicyclic) bond motifs is 3. The molecule has 0 unspecified atom stereocenters. The summed E-state index contributed by atoms with van der Waals surface area (Å²) in [5.41, 5.74) is -0.849. The van der Waals surface area contributed by atoms with Gasteiger partial charge in [0, 0.05) is 24.3 Å². The predicted octanol–water partition coefficient (Wildman–Crippen LogP) is 1.31. The maximum absolute atomic E-state index is 12.3. The first kappa shape index (κ1) is 19.3. The first-order valence-corrected chi connectivity index (χ1v) is 9.18. The second-order valence-corrected chi connectivity index (χ2v) is 8.45. The summed E-state index contributed by atoms with van der Waals surface area (Å²) < 4.78 is 17.1. The summed E-state index contributed by atoms with van der Waals surface area (Å²) in [7, 11) is 0. The first-order chi connectivity index (χ1) is 12.0. The molecule has 0 aromatic rings. The minimum Gasteiger partial charge on any atom is -0.461 e. The van der Waals surface area contributed by atoms with Crippen LogP contribution in [0.3, 0.4) is 0 Å². The Hall–Kier alpha value is -1.44. The Labute approximate surface area is 153 Å². The number of esters is 2. The number of aliphatic hydroxyl groups excluding tert-OH is 1. The molecule has 0 radical (unpaired) electrons. The fourth-order valence-electron chi connectivity index (χ4n) is 4.25. The van der Waals surface area contributed by atoms with Crippen molar-refractivity contribution >= 4 is 11.9 Å². The third-order valence-corrected chi connectivity index (χ3v) is 6.03. The largest absolute Gasteiger partial charge is 0.461 e. The molecular formula is C19H28O7. The summed E-state index contributed by atoms with van der Waals surface area (Å²) in [4.78, 5) is 24.4. The molecule has 0 aromatic heterocycles. The highest BCUT2D eigenvalue weighted by atomic mass is 16.7. The summed E-state index contributed by atoms with van der Waals surface area (Å²) in [6, 6.07) is 0. The molecule has 7 nitrogen and oxygen atoms in total. The highest BCUT2D eigenvalue weighted by Crippen LogP contribution is 2.49. The maximum atomic E-state index is 12.3. The van der Waals surface area contributed by atoms with Gasteiger partial charge >= 0.3 is 11.9 Å². The molecule has 0 saturated carbocycles. The lowest BCUT2D eigenvalue weighted by molar-refractivity contribution is -0.253. The van der Waals surface area contributed by atoms with Crippen molar-refractivity contribution in [1.29, 1.82) is 0 Å². The minimum absolute atomic E-state index is 0.0573. The van der Waals surface area contributed by atoms with E-state index in [1.165, 1.54) is 0 Å². The summed E-state index contributed by atoms with van der Waals surface area (Å²) in [5, 5.41) is 21.5. The second kappa shape index (κ2) is 6.32. The van der Waals surface area contributed by atoms with Gasteiger partial charge in [0.2, 0.25) is 0 Å². The molecule has 26 heavy (non-hydrogen) atoms. The van der Waals surface area contributed by atoms with E-state index in [1.54, 1.807) is 27.7 Å². The van der Waals surface area contributed by atoms with Crippen molar-refractivity contribution in [3.8, 4) is 0 Å². The van der Waals surface area contributed by atoms with Gasteiger partial charge in [-0.15, -0.1) is 0 Å². The molecular weight excluding hydrogens is 340 g/mol. The third kappa shape index (κ3) is 3.06. The number of ether oxygens (including phenoxy) is 3. The van der Waals surface area contributed by atoms with E-state index < -0.39 is 47.6 Å². The average Bonchev–Trinajstić information content (AvgIpc) is 2.93. The summed E-state index contributed by atoms with van der Waals surface area (Å²) in [5.74, 6) is -3.69. The van der Waals surface area contributed by atoms with E-state index in [9.17, 15) is 19.8 Å². The number of rotatable bonds is 2. The fourth-order valence-corrected chi connectivity index (χ4v) is 4.25. The van der Waals surface area contributed by atoms with Crippen molar-refractivity contribution in [2.45, 2.75) is 76.7 Å². The second-order valence-electron chi connectivity index (χ2n) is 8.45. The van der Waals surface area contributed by atoms with Crippen LogP contribution in [0, 0.1) is 17.8 Å². The van der Waals surface area contributed by atoms with Crippen LogP contribution in [0.4, 0.5) is 0 Å². The van der Waals surface area contributed by atoms with E-state index in [0.717, 1.165) is 0 Å². The molecule has 3 heterocycles. The molecule has 146 valence electrons. The normalized spacial score (nSPS) is 45.6. The number of aliphatic hydroxyl groups is 2. The number of hydrogen-bond donors (Lipinski definition) is 2. The van der Waals surface area contributed by atoms with Crippen molar-refractivity contribution < 1.29 is 34.0 Å². The highest BCUT2D eigenvalue weighted by molar-refractivity contribution is 5.91. The lowest BCUT2D eigenvalue weighted by atomic mass is 9.78. The van der Waals surface area contributed by atoms with Crippen molar-refractivity contribution in [3.05, 3.63) is 12.2 Å². The molecule has 3 aliphatic heterocycles. The molecule has 3 fully saturated rings. The Morgan fingerprint density at radius 2 is 2.04 bits per heavy atom. The van der Waals surface area contributed by atoms with Crippen LogP contribution in [0.1, 0.15) is 47.0 Å². The minimum atomic E-state index is -1.52. The lowest BCUT2D eigenvalue weighted by Crippen LogP contribution is -2.44. The molecule has 0 aromatic carbocycles. The van der Waals surface area contributed by atoms with Crippen LogP contribution in [0.2, 0.25) is 0 Å². The van der Waals surface area contributed by atoms with Gasteiger partial charge in [0.05, 0.1) is 23.5 Å². The van der Waals surface area contributed by atoms with Crippen LogP contribution < -0.4 is 0 Å².